The summed E-state index contributed by atoms with van der Waals surface area (Å²) in [6.45, 7) is 3.51. The number of nitrogens with one attached hydrogen (secondary N) is 1. The van der Waals surface area contributed by atoms with E-state index in [0.717, 1.165) is 18.7 Å². The molecule has 0 saturated carbocycles. The van der Waals surface area contributed by atoms with Crippen LogP contribution in [0.25, 0.3) is 0 Å². The van der Waals surface area contributed by atoms with Crippen LogP contribution in [0.3, 0.4) is 0 Å². The van der Waals surface area contributed by atoms with Crippen molar-refractivity contribution in [3.63, 3.8) is 0 Å². The van der Waals surface area contributed by atoms with E-state index in [2.05, 4.69) is 28.2 Å². The van der Waals surface area contributed by atoms with E-state index in [-0.39, 0.29) is 17.9 Å². The molecule has 0 aromatic carbocycles. The van der Waals surface area contributed by atoms with Gasteiger partial charge in [-0.1, -0.05) is 0 Å². The molecule has 0 radical (unpaired) electrons. The molecule has 1 N–H and O–H groups in total. The summed E-state index contributed by atoms with van der Waals surface area (Å²) in [5.74, 6) is 1.08. The molecule has 0 bridgehead atoms. The molecule has 1 fully saturated rings. The highest BCUT2D eigenvalue weighted by Gasteiger charge is 2.31. The lowest BCUT2D eigenvalue weighted by molar-refractivity contribution is -0.135. The molecular weight excluding hydrogens is 284 g/mol. The lowest BCUT2D eigenvalue weighted by Crippen LogP contribution is -2.37. The van der Waals surface area contributed by atoms with Gasteiger partial charge < -0.3 is 14.6 Å². The van der Waals surface area contributed by atoms with Crippen LogP contribution in [0.15, 0.2) is 21.2 Å². The van der Waals surface area contributed by atoms with Crippen molar-refractivity contribution in [3.05, 3.63) is 22.6 Å². The Labute approximate surface area is 109 Å². The Morgan fingerprint density at radius 3 is 2.94 bits per heavy atom. The van der Waals surface area contributed by atoms with E-state index in [1.54, 1.807) is 4.90 Å². The summed E-state index contributed by atoms with van der Waals surface area (Å²) in [7, 11) is 1.82. The van der Waals surface area contributed by atoms with Gasteiger partial charge in [0, 0.05) is 13.1 Å². The zero-order chi connectivity index (χ0) is 12.4. The van der Waals surface area contributed by atoms with Crippen molar-refractivity contribution < 1.29 is 9.21 Å². The van der Waals surface area contributed by atoms with Gasteiger partial charge in [-0.2, -0.15) is 0 Å². The van der Waals surface area contributed by atoms with Gasteiger partial charge in [-0.15, -0.1) is 0 Å². The summed E-state index contributed by atoms with van der Waals surface area (Å²) < 4.78 is 6.10. The van der Waals surface area contributed by atoms with Crippen molar-refractivity contribution in [1.29, 1.82) is 0 Å². The molecule has 0 spiro atoms. The van der Waals surface area contributed by atoms with E-state index in [1.807, 2.05) is 19.2 Å². The summed E-state index contributed by atoms with van der Waals surface area (Å²) in [6, 6.07) is 3.99. The molecule has 1 aliphatic rings. The van der Waals surface area contributed by atoms with Crippen LogP contribution >= 0.6 is 15.9 Å². The predicted molar refractivity (Wildman–Crippen MR) is 68.5 cm³/mol. The normalized spacial score (nSPS) is 23.9. The Hall–Kier alpha value is -0.810. The summed E-state index contributed by atoms with van der Waals surface area (Å²) in [6.07, 6.45) is 0.923. The van der Waals surface area contributed by atoms with Crippen LogP contribution in [0.1, 0.15) is 19.1 Å². The van der Waals surface area contributed by atoms with Gasteiger partial charge in [0.15, 0.2) is 4.67 Å². The fraction of sp³-hybridized carbons (Fsp3) is 0.583. The van der Waals surface area contributed by atoms with Crippen molar-refractivity contribution >= 4 is 21.8 Å². The first-order chi connectivity index (χ1) is 8.08. The van der Waals surface area contributed by atoms with Gasteiger partial charge in [-0.3, -0.25) is 4.79 Å². The quantitative estimate of drug-likeness (QED) is 0.929. The summed E-state index contributed by atoms with van der Waals surface area (Å²) in [4.78, 5) is 13.9. The van der Waals surface area contributed by atoms with Crippen molar-refractivity contribution in [2.24, 2.45) is 5.92 Å². The second-order valence-electron chi connectivity index (χ2n) is 4.54. The molecule has 94 valence electrons. The first kappa shape index (κ1) is 12.6. The number of carbonyl (C=O) groups is 1. The molecule has 4 nitrogen and oxygen atoms in total. The first-order valence-corrected chi connectivity index (χ1v) is 6.60. The number of hydrogen-bond donors (Lipinski definition) is 1. The largest absolute Gasteiger partial charge is 0.452 e. The Morgan fingerprint density at radius 2 is 2.41 bits per heavy atom. The van der Waals surface area contributed by atoms with E-state index < -0.39 is 0 Å². The monoisotopic (exact) mass is 300 g/mol. The van der Waals surface area contributed by atoms with Gasteiger partial charge in [-0.05, 0) is 48.0 Å². The molecule has 1 amide bonds. The average Bonchev–Trinajstić information content (AvgIpc) is 2.86. The minimum atomic E-state index is 0.0957. The fourth-order valence-electron chi connectivity index (χ4n) is 2.23. The standard InChI is InChI=1S/C12H17BrN2O2/c1-8-10(5-6-14-8)12(16)15(2)7-9-3-4-11(13)17-9/h3-4,8,10,14H,5-7H2,1-2H3. The zero-order valence-electron chi connectivity index (χ0n) is 10.1. The second-order valence-corrected chi connectivity index (χ2v) is 5.32. The van der Waals surface area contributed by atoms with Crippen LogP contribution in [0.4, 0.5) is 0 Å². The number of hydrogen-bond acceptors (Lipinski definition) is 3. The second kappa shape index (κ2) is 5.23. The first-order valence-electron chi connectivity index (χ1n) is 5.80. The van der Waals surface area contributed by atoms with Gasteiger partial charge in [-0.25, -0.2) is 0 Å². The maximum atomic E-state index is 12.2. The molecule has 1 aromatic heterocycles. The van der Waals surface area contributed by atoms with Crippen molar-refractivity contribution in [2.45, 2.75) is 25.9 Å². The Morgan fingerprint density at radius 1 is 1.65 bits per heavy atom. The highest BCUT2D eigenvalue weighted by atomic mass is 79.9. The fourth-order valence-corrected chi connectivity index (χ4v) is 2.57. The summed E-state index contributed by atoms with van der Waals surface area (Å²) in [5.41, 5.74) is 0. The maximum absolute atomic E-state index is 12.2. The molecule has 2 unspecified atom stereocenters. The zero-order valence-corrected chi connectivity index (χ0v) is 11.7. The third kappa shape index (κ3) is 2.90. The van der Waals surface area contributed by atoms with Crippen LogP contribution in [0.2, 0.25) is 0 Å². The van der Waals surface area contributed by atoms with E-state index in [4.69, 9.17) is 4.42 Å². The van der Waals surface area contributed by atoms with Gasteiger partial charge >= 0.3 is 0 Å². The number of nitrogens with zero attached hydrogens (tertiary/aromatic N) is 1. The summed E-state index contributed by atoms with van der Waals surface area (Å²) >= 11 is 3.25. The Kier molecular flexibility index (Phi) is 3.89. The van der Waals surface area contributed by atoms with Gasteiger partial charge in [0.25, 0.3) is 0 Å². The predicted octanol–water partition coefficient (Wildman–Crippen LogP) is 2.00. The lowest BCUT2D eigenvalue weighted by Gasteiger charge is -2.22. The number of rotatable bonds is 3. The van der Waals surface area contributed by atoms with Crippen LogP contribution in [0.5, 0.6) is 0 Å². The smallest absolute Gasteiger partial charge is 0.227 e. The van der Waals surface area contributed by atoms with Gasteiger partial charge in [0.05, 0.1) is 12.5 Å². The molecule has 1 aromatic rings. The van der Waals surface area contributed by atoms with E-state index in [0.29, 0.717) is 11.2 Å². The Balaban J connectivity index is 1.95. The van der Waals surface area contributed by atoms with Crippen LogP contribution in [-0.4, -0.2) is 30.4 Å². The Bertz CT molecular complexity index is 405. The average molecular weight is 301 g/mol. The molecule has 5 heteroatoms. The molecule has 1 saturated heterocycles. The molecule has 17 heavy (non-hydrogen) atoms. The lowest BCUT2D eigenvalue weighted by atomic mass is 10.0. The molecule has 1 aliphatic heterocycles. The number of furan rings is 1. The van der Waals surface area contributed by atoms with Crippen LogP contribution < -0.4 is 5.32 Å². The summed E-state index contributed by atoms with van der Waals surface area (Å²) in [5, 5.41) is 3.29. The van der Waals surface area contributed by atoms with Crippen molar-refractivity contribution in [2.75, 3.05) is 13.6 Å². The van der Waals surface area contributed by atoms with E-state index in [1.165, 1.54) is 0 Å². The minimum Gasteiger partial charge on any atom is -0.452 e. The number of amides is 1. The van der Waals surface area contributed by atoms with Gasteiger partial charge in [0.2, 0.25) is 5.91 Å². The highest BCUT2D eigenvalue weighted by Crippen LogP contribution is 2.20. The van der Waals surface area contributed by atoms with Crippen LogP contribution in [-0.2, 0) is 11.3 Å². The van der Waals surface area contributed by atoms with E-state index in [9.17, 15) is 4.79 Å². The number of carbonyl (C=O) groups excluding carboxylic acids is 1. The topological polar surface area (TPSA) is 45.5 Å². The SMILES string of the molecule is CC1NCCC1C(=O)N(C)Cc1ccc(Br)o1. The third-order valence-corrected chi connectivity index (χ3v) is 3.67. The molecule has 0 aliphatic carbocycles. The minimum absolute atomic E-state index is 0.0957. The van der Waals surface area contributed by atoms with Crippen LogP contribution in [0, 0.1) is 5.92 Å². The van der Waals surface area contributed by atoms with E-state index >= 15 is 0 Å². The highest BCUT2D eigenvalue weighted by molar-refractivity contribution is 9.10. The number of halogens is 1. The molecule has 2 rings (SSSR count). The van der Waals surface area contributed by atoms with Crippen molar-refractivity contribution in [1.82, 2.24) is 10.2 Å². The molecular formula is C12H17BrN2O2. The van der Waals surface area contributed by atoms with Gasteiger partial charge in [0.1, 0.15) is 5.76 Å². The molecule has 2 atom stereocenters. The third-order valence-electron chi connectivity index (χ3n) is 3.24. The van der Waals surface area contributed by atoms with Crippen molar-refractivity contribution in [3.8, 4) is 0 Å². The molecule has 2 heterocycles. The maximum Gasteiger partial charge on any atom is 0.227 e.